The van der Waals surface area contributed by atoms with Gasteiger partial charge >= 0.3 is 0 Å². The second-order valence-electron chi connectivity index (χ2n) is 3.47. The smallest absolute Gasteiger partial charge is 0.253 e. The van der Waals surface area contributed by atoms with Crippen molar-refractivity contribution in [3.8, 4) is 0 Å². The Morgan fingerprint density at radius 1 is 1.56 bits per heavy atom. The van der Waals surface area contributed by atoms with Gasteiger partial charge in [0.25, 0.3) is 5.91 Å². The molecule has 2 heterocycles. The van der Waals surface area contributed by atoms with Gasteiger partial charge in [0, 0.05) is 19.3 Å². The van der Waals surface area contributed by atoms with Crippen LogP contribution in [0.4, 0.5) is 5.82 Å². The van der Waals surface area contributed by atoms with E-state index in [9.17, 15) is 4.79 Å². The fourth-order valence-electron chi connectivity index (χ4n) is 1.34. The maximum Gasteiger partial charge on any atom is 0.253 e. The number of nitrogens with zero attached hydrogens (tertiary/aromatic N) is 2. The van der Waals surface area contributed by atoms with Crippen LogP contribution in [0, 0.1) is 0 Å². The Bertz CT molecular complexity index is 542. The zero-order chi connectivity index (χ0) is 13.0. The van der Waals surface area contributed by atoms with Crippen molar-refractivity contribution < 1.29 is 9.32 Å². The topological polar surface area (TPSA) is 80.0 Å². The third-order valence-corrected chi connectivity index (χ3v) is 2.58. The molecule has 0 spiro atoms. The number of carbonyl (C=O) groups excluding carboxylic acids is 1. The first-order valence-electron chi connectivity index (χ1n) is 5.21. The number of hydrogen-bond acceptors (Lipinski definition) is 5. The van der Waals surface area contributed by atoms with Gasteiger partial charge in [0.1, 0.15) is 17.8 Å². The van der Waals surface area contributed by atoms with E-state index in [1.807, 2.05) is 0 Å². The number of rotatable bonds is 4. The van der Waals surface area contributed by atoms with Crippen LogP contribution < -0.4 is 10.6 Å². The molecule has 2 N–H and O–H groups in total. The maximum absolute atomic E-state index is 11.9. The van der Waals surface area contributed by atoms with E-state index in [1.165, 1.54) is 12.5 Å². The minimum atomic E-state index is -0.290. The van der Waals surface area contributed by atoms with Gasteiger partial charge in [-0.05, 0) is 6.07 Å². The summed E-state index contributed by atoms with van der Waals surface area (Å²) in [6, 6.07) is 3.26. The minimum Gasteiger partial charge on any atom is -0.373 e. The number of amides is 1. The van der Waals surface area contributed by atoms with E-state index in [4.69, 9.17) is 11.6 Å². The van der Waals surface area contributed by atoms with Gasteiger partial charge in [-0.15, -0.1) is 0 Å². The Morgan fingerprint density at radius 3 is 3.06 bits per heavy atom. The number of aromatic nitrogens is 2. The Balaban J connectivity index is 2.08. The molecule has 0 unspecified atom stereocenters. The number of pyridine rings is 1. The first-order valence-corrected chi connectivity index (χ1v) is 5.59. The summed E-state index contributed by atoms with van der Waals surface area (Å²) >= 11 is 5.92. The van der Waals surface area contributed by atoms with Crippen LogP contribution in [-0.2, 0) is 6.54 Å². The van der Waals surface area contributed by atoms with E-state index in [2.05, 4.69) is 25.3 Å². The van der Waals surface area contributed by atoms with Crippen molar-refractivity contribution in [1.82, 2.24) is 15.5 Å². The molecule has 18 heavy (non-hydrogen) atoms. The lowest BCUT2D eigenvalue weighted by molar-refractivity contribution is 0.0950. The number of halogens is 1. The summed E-state index contributed by atoms with van der Waals surface area (Å²) < 4.78 is 4.67. The third-order valence-electron chi connectivity index (χ3n) is 2.28. The van der Waals surface area contributed by atoms with Crippen LogP contribution >= 0.6 is 11.6 Å². The van der Waals surface area contributed by atoms with Crippen LogP contribution in [-0.4, -0.2) is 23.1 Å². The lowest BCUT2D eigenvalue weighted by Gasteiger charge is -2.06. The first kappa shape index (κ1) is 12.4. The Hall–Kier alpha value is -2.08. The first-order chi connectivity index (χ1) is 8.70. The normalized spacial score (nSPS) is 10.1. The van der Waals surface area contributed by atoms with Crippen LogP contribution in [0.3, 0.4) is 0 Å². The van der Waals surface area contributed by atoms with E-state index in [1.54, 1.807) is 19.2 Å². The molecule has 0 saturated carbocycles. The molecule has 0 atom stereocenters. The van der Waals surface area contributed by atoms with Crippen molar-refractivity contribution in [3.63, 3.8) is 0 Å². The largest absolute Gasteiger partial charge is 0.373 e. The fourth-order valence-corrected chi connectivity index (χ4v) is 1.53. The van der Waals surface area contributed by atoms with Gasteiger partial charge < -0.3 is 15.2 Å². The van der Waals surface area contributed by atoms with Crippen LogP contribution in [0.1, 0.15) is 16.1 Å². The monoisotopic (exact) mass is 266 g/mol. The molecule has 0 bridgehead atoms. The van der Waals surface area contributed by atoms with Crippen molar-refractivity contribution in [2.24, 2.45) is 0 Å². The SMILES string of the molecule is CNc1cc(C(=O)NCc2ccon2)c(Cl)cn1. The quantitative estimate of drug-likeness (QED) is 0.880. The van der Waals surface area contributed by atoms with Crippen LogP contribution in [0.2, 0.25) is 5.02 Å². The lowest BCUT2D eigenvalue weighted by Crippen LogP contribution is -2.23. The minimum absolute atomic E-state index is 0.281. The Labute approximate surface area is 108 Å². The molecule has 6 nitrogen and oxygen atoms in total. The molecule has 2 aromatic heterocycles. The number of anilines is 1. The van der Waals surface area contributed by atoms with Crippen molar-refractivity contribution in [1.29, 1.82) is 0 Å². The van der Waals surface area contributed by atoms with Crippen molar-refractivity contribution in [2.75, 3.05) is 12.4 Å². The summed E-state index contributed by atoms with van der Waals surface area (Å²) in [5.74, 6) is 0.285. The highest BCUT2D eigenvalue weighted by Crippen LogP contribution is 2.17. The average Bonchev–Trinajstić information content (AvgIpc) is 2.89. The highest BCUT2D eigenvalue weighted by molar-refractivity contribution is 6.33. The van der Waals surface area contributed by atoms with Gasteiger partial charge in [-0.3, -0.25) is 4.79 Å². The molecule has 94 valence electrons. The van der Waals surface area contributed by atoms with Gasteiger partial charge in [0.05, 0.1) is 17.1 Å². The Morgan fingerprint density at radius 2 is 2.39 bits per heavy atom. The fraction of sp³-hybridized carbons (Fsp3) is 0.182. The summed E-state index contributed by atoms with van der Waals surface area (Å²) in [4.78, 5) is 15.9. The summed E-state index contributed by atoms with van der Waals surface area (Å²) in [6.45, 7) is 0.281. The standard InChI is InChI=1S/C11H11ClN4O2/c1-13-10-4-8(9(12)6-14-10)11(17)15-5-7-2-3-18-16-7/h2-4,6H,5H2,1H3,(H,13,14)(H,15,17). The van der Waals surface area contributed by atoms with E-state index >= 15 is 0 Å². The van der Waals surface area contributed by atoms with Crippen LogP contribution in [0.15, 0.2) is 29.1 Å². The highest BCUT2D eigenvalue weighted by Gasteiger charge is 2.12. The number of nitrogens with one attached hydrogen (secondary N) is 2. The average molecular weight is 267 g/mol. The Kier molecular flexibility index (Phi) is 3.78. The molecule has 0 aliphatic carbocycles. The predicted octanol–water partition coefficient (Wildman–Crippen LogP) is 1.69. The molecule has 1 amide bonds. The van der Waals surface area contributed by atoms with E-state index in [-0.39, 0.29) is 12.5 Å². The number of carbonyl (C=O) groups is 1. The molecule has 7 heteroatoms. The molecule has 0 saturated heterocycles. The molecule has 2 rings (SSSR count). The molecular formula is C11H11ClN4O2. The summed E-state index contributed by atoms with van der Waals surface area (Å²) in [7, 11) is 1.72. The zero-order valence-corrected chi connectivity index (χ0v) is 10.4. The molecule has 0 fully saturated rings. The van der Waals surface area contributed by atoms with Gasteiger partial charge in [-0.25, -0.2) is 4.98 Å². The molecule has 2 aromatic rings. The lowest BCUT2D eigenvalue weighted by atomic mass is 10.2. The maximum atomic E-state index is 11.9. The molecular weight excluding hydrogens is 256 g/mol. The second-order valence-corrected chi connectivity index (χ2v) is 3.88. The third kappa shape index (κ3) is 2.78. The van der Waals surface area contributed by atoms with Crippen molar-refractivity contribution in [2.45, 2.75) is 6.54 Å². The molecule has 0 aliphatic heterocycles. The highest BCUT2D eigenvalue weighted by atomic mass is 35.5. The van der Waals surface area contributed by atoms with E-state index < -0.39 is 0 Å². The molecule has 0 radical (unpaired) electrons. The van der Waals surface area contributed by atoms with E-state index in [0.717, 1.165) is 0 Å². The predicted molar refractivity (Wildman–Crippen MR) is 66.5 cm³/mol. The second kappa shape index (κ2) is 5.50. The summed E-state index contributed by atoms with van der Waals surface area (Å²) in [5.41, 5.74) is 1.00. The van der Waals surface area contributed by atoms with Crippen molar-refractivity contribution >= 4 is 23.3 Å². The van der Waals surface area contributed by atoms with Crippen LogP contribution in [0.25, 0.3) is 0 Å². The number of hydrogen-bond donors (Lipinski definition) is 2. The van der Waals surface area contributed by atoms with Gasteiger partial charge in [-0.2, -0.15) is 0 Å². The van der Waals surface area contributed by atoms with Crippen LogP contribution in [0.5, 0.6) is 0 Å². The zero-order valence-electron chi connectivity index (χ0n) is 9.61. The molecule has 0 aromatic carbocycles. The summed E-state index contributed by atoms with van der Waals surface area (Å²) in [6.07, 6.45) is 2.87. The molecule has 0 aliphatic rings. The van der Waals surface area contributed by atoms with Gasteiger partial charge in [0.2, 0.25) is 0 Å². The van der Waals surface area contributed by atoms with Gasteiger partial charge in [0.15, 0.2) is 0 Å². The van der Waals surface area contributed by atoms with Gasteiger partial charge in [-0.1, -0.05) is 16.8 Å². The summed E-state index contributed by atoms with van der Waals surface area (Å²) in [5, 5.41) is 9.52. The van der Waals surface area contributed by atoms with Crippen molar-refractivity contribution in [3.05, 3.63) is 40.9 Å². The van der Waals surface area contributed by atoms with E-state index in [0.29, 0.717) is 22.1 Å².